The first kappa shape index (κ1) is 24.9. The van der Waals surface area contributed by atoms with Crippen LogP contribution in [0.15, 0.2) is 0 Å². The van der Waals surface area contributed by atoms with E-state index in [2.05, 4.69) is 6.92 Å². The van der Waals surface area contributed by atoms with Crippen molar-refractivity contribution in [1.82, 2.24) is 9.47 Å². The van der Waals surface area contributed by atoms with Crippen LogP contribution in [0.4, 0.5) is 0 Å². The minimum atomic E-state index is -0.446. The van der Waals surface area contributed by atoms with Gasteiger partial charge in [0.05, 0.1) is 13.7 Å². The molecule has 1 aromatic rings. The molecule has 0 unspecified atom stereocenters. The van der Waals surface area contributed by atoms with E-state index in [1.165, 1.54) is 7.11 Å². The molecular formula is C23H38N2O4. The number of carbonyl (C=O) groups excluding carboxylic acids is 3. The smallest absolute Gasteiger partial charge is 0.354 e. The average molecular weight is 407 g/mol. The number of ketones is 1. The Labute approximate surface area is 175 Å². The molecule has 0 aliphatic rings. The van der Waals surface area contributed by atoms with Crippen LogP contribution in [-0.4, -0.2) is 47.3 Å². The summed E-state index contributed by atoms with van der Waals surface area (Å²) in [7, 11) is 1.34. The summed E-state index contributed by atoms with van der Waals surface area (Å²) in [6.45, 7) is 12.9. The number of hydrogen-bond acceptors (Lipinski definition) is 4. The lowest BCUT2D eigenvalue weighted by Gasteiger charge is -2.26. The van der Waals surface area contributed by atoms with Crippen molar-refractivity contribution >= 4 is 17.7 Å². The summed E-state index contributed by atoms with van der Waals surface area (Å²) in [5.74, 6) is -0.542. The third-order valence-corrected chi connectivity index (χ3v) is 5.63. The third kappa shape index (κ3) is 5.71. The minimum Gasteiger partial charge on any atom is -0.464 e. The van der Waals surface area contributed by atoms with E-state index in [4.69, 9.17) is 4.74 Å². The Hall–Kier alpha value is -2.11. The molecule has 6 heteroatoms. The molecule has 1 heterocycles. The maximum atomic E-state index is 13.2. The zero-order chi connectivity index (χ0) is 22.1. The standard InChI is InChI=1S/C23H38N2O4/c1-8-12-13-18(10-3)22(27)24(14-9-2)15-19(26)20-16(5)21(23(28)29-7)25(11-4)17(20)6/h18H,8-15H2,1-7H3/t18-/m1/s1. The van der Waals surface area contributed by atoms with E-state index in [1.807, 2.05) is 32.3 Å². The minimum absolute atomic E-state index is 0.0395. The normalized spacial score (nSPS) is 12.0. The number of nitrogens with zero attached hydrogens (tertiary/aromatic N) is 2. The summed E-state index contributed by atoms with van der Waals surface area (Å²) >= 11 is 0. The lowest BCUT2D eigenvalue weighted by Crippen LogP contribution is -2.40. The number of ether oxygens (including phenoxy) is 1. The topological polar surface area (TPSA) is 68.6 Å². The Kier molecular flexibility index (Phi) is 10.1. The maximum absolute atomic E-state index is 13.2. The van der Waals surface area contributed by atoms with Crippen LogP contribution in [-0.2, 0) is 16.1 Å². The van der Waals surface area contributed by atoms with Crippen molar-refractivity contribution in [3.05, 3.63) is 22.5 Å². The van der Waals surface area contributed by atoms with Gasteiger partial charge < -0.3 is 14.2 Å². The van der Waals surface area contributed by atoms with Crippen molar-refractivity contribution in [1.29, 1.82) is 0 Å². The van der Waals surface area contributed by atoms with E-state index in [-0.39, 0.29) is 24.2 Å². The molecule has 0 saturated carbocycles. The highest BCUT2D eigenvalue weighted by atomic mass is 16.5. The monoisotopic (exact) mass is 406 g/mol. The molecule has 0 aliphatic heterocycles. The Morgan fingerprint density at radius 3 is 2.21 bits per heavy atom. The van der Waals surface area contributed by atoms with Crippen LogP contribution in [0.25, 0.3) is 0 Å². The fraction of sp³-hybridized carbons (Fsp3) is 0.696. The van der Waals surface area contributed by atoms with E-state index in [9.17, 15) is 14.4 Å². The number of carbonyl (C=O) groups is 3. The van der Waals surface area contributed by atoms with Gasteiger partial charge in [-0.05, 0) is 45.6 Å². The Balaban J connectivity index is 3.20. The van der Waals surface area contributed by atoms with E-state index in [0.717, 1.165) is 37.8 Å². The molecule has 6 nitrogen and oxygen atoms in total. The molecule has 0 aliphatic carbocycles. The van der Waals surface area contributed by atoms with Gasteiger partial charge in [0.2, 0.25) is 5.91 Å². The van der Waals surface area contributed by atoms with Crippen LogP contribution >= 0.6 is 0 Å². The molecule has 0 saturated heterocycles. The number of esters is 1. The molecule has 0 spiro atoms. The molecule has 0 N–H and O–H groups in total. The van der Waals surface area contributed by atoms with Gasteiger partial charge >= 0.3 is 5.97 Å². The van der Waals surface area contributed by atoms with Crippen molar-refractivity contribution in [2.75, 3.05) is 20.2 Å². The third-order valence-electron chi connectivity index (χ3n) is 5.63. The van der Waals surface area contributed by atoms with E-state index in [0.29, 0.717) is 29.9 Å². The molecule has 1 rings (SSSR count). The summed E-state index contributed by atoms with van der Waals surface area (Å²) in [4.78, 5) is 40.3. The van der Waals surface area contributed by atoms with Crippen LogP contribution < -0.4 is 0 Å². The van der Waals surface area contributed by atoms with E-state index >= 15 is 0 Å². The highest BCUT2D eigenvalue weighted by molar-refractivity contribution is 6.04. The zero-order valence-electron chi connectivity index (χ0n) is 19.3. The highest BCUT2D eigenvalue weighted by Gasteiger charge is 2.29. The largest absolute Gasteiger partial charge is 0.464 e. The van der Waals surface area contributed by atoms with Gasteiger partial charge in [-0.15, -0.1) is 0 Å². The van der Waals surface area contributed by atoms with Gasteiger partial charge in [-0.25, -0.2) is 4.79 Å². The molecule has 1 atom stereocenters. The van der Waals surface area contributed by atoms with Crippen LogP contribution in [0.3, 0.4) is 0 Å². The predicted octanol–water partition coefficient (Wildman–Crippen LogP) is 4.55. The molecule has 0 radical (unpaired) electrons. The second kappa shape index (κ2) is 11.8. The molecule has 164 valence electrons. The van der Waals surface area contributed by atoms with Crippen molar-refractivity contribution in [3.8, 4) is 0 Å². The van der Waals surface area contributed by atoms with E-state index in [1.54, 1.807) is 11.8 Å². The van der Waals surface area contributed by atoms with Gasteiger partial charge in [0.15, 0.2) is 5.78 Å². The lowest BCUT2D eigenvalue weighted by atomic mass is 9.97. The van der Waals surface area contributed by atoms with Crippen molar-refractivity contribution in [2.45, 2.75) is 80.2 Å². The molecule has 0 fully saturated rings. The van der Waals surface area contributed by atoms with Crippen molar-refractivity contribution in [2.24, 2.45) is 5.92 Å². The van der Waals surface area contributed by atoms with Crippen molar-refractivity contribution in [3.63, 3.8) is 0 Å². The quantitative estimate of drug-likeness (QED) is 0.377. The first-order valence-corrected chi connectivity index (χ1v) is 10.9. The van der Waals surface area contributed by atoms with Crippen LogP contribution in [0.1, 0.15) is 91.9 Å². The summed E-state index contributed by atoms with van der Waals surface area (Å²) in [5.41, 5.74) is 2.32. The second-order valence-electron chi connectivity index (χ2n) is 7.60. The Morgan fingerprint density at radius 1 is 1.07 bits per heavy atom. The number of methoxy groups -OCH3 is 1. The molecule has 1 amide bonds. The summed E-state index contributed by atoms with van der Waals surface area (Å²) in [6, 6.07) is 0. The highest BCUT2D eigenvalue weighted by Crippen LogP contribution is 2.25. The van der Waals surface area contributed by atoms with Gasteiger partial charge in [-0.3, -0.25) is 9.59 Å². The number of aromatic nitrogens is 1. The van der Waals surface area contributed by atoms with Gasteiger partial charge in [-0.1, -0.05) is 33.6 Å². The fourth-order valence-electron chi connectivity index (χ4n) is 4.06. The van der Waals surface area contributed by atoms with Crippen molar-refractivity contribution < 1.29 is 19.1 Å². The first-order valence-electron chi connectivity index (χ1n) is 10.9. The molecular weight excluding hydrogens is 368 g/mol. The Bertz CT molecular complexity index is 721. The average Bonchev–Trinajstić information content (AvgIpc) is 2.96. The molecule has 29 heavy (non-hydrogen) atoms. The summed E-state index contributed by atoms with van der Waals surface area (Å²) in [5, 5.41) is 0. The predicted molar refractivity (Wildman–Crippen MR) is 115 cm³/mol. The number of hydrogen-bond donors (Lipinski definition) is 0. The molecule has 0 bridgehead atoms. The van der Waals surface area contributed by atoms with Gasteiger partial charge in [0.1, 0.15) is 5.69 Å². The maximum Gasteiger partial charge on any atom is 0.354 e. The van der Waals surface area contributed by atoms with Gasteiger partial charge in [0, 0.05) is 30.3 Å². The van der Waals surface area contributed by atoms with Crippen LogP contribution in [0, 0.1) is 19.8 Å². The van der Waals surface area contributed by atoms with E-state index < -0.39 is 5.97 Å². The molecule has 1 aromatic heterocycles. The second-order valence-corrected chi connectivity index (χ2v) is 7.60. The summed E-state index contributed by atoms with van der Waals surface area (Å²) in [6.07, 6.45) is 4.50. The van der Waals surface area contributed by atoms with Gasteiger partial charge in [-0.2, -0.15) is 0 Å². The fourth-order valence-corrected chi connectivity index (χ4v) is 4.06. The number of amides is 1. The molecule has 0 aromatic carbocycles. The SMILES string of the molecule is CCCC[C@@H](CC)C(=O)N(CCC)CC(=O)c1c(C)c(C(=O)OC)n(CC)c1C. The summed E-state index contributed by atoms with van der Waals surface area (Å²) < 4.78 is 6.73. The Morgan fingerprint density at radius 2 is 1.72 bits per heavy atom. The van der Waals surface area contributed by atoms with Crippen LogP contribution in [0.5, 0.6) is 0 Å². The lowest BCUT2D eigenvalue weighted by molar-refractivity contribution is -0.135. The van der Waals surface area contributed by atoms with Crippen LogP contribution in [0.2, 0.25) is 0 Å². The zero-order valence-corrected chi connectivity index (χ0v) is 19.3. The number of rotatable bonds is 12. The number of Topliss-reactive ketones (excluding diaryl/α,β-unsaturated/α-hetero) is 1. The van der Waals surface area contributed by atoms with Gasteiger partial charge in [0.25, 0.3) is 0 Å². The number of unbranched alkanes of at least 4 members (excludes halogenated alkanes) is 1. The first-order chi connectivity index (χ1) is 13.8.